The maximum absolute atomic E-state index is 12.0. The lowest BCUT2D eigenvalue weighted by Gasteiger charge is -2.09. The van der Waals surface area contributed by atoms with E-state index >= 15 is 0 Å². The van der Waals surface area contributed by atoms with Gasteiger partial charge < -0.3 is 24.6 Å². The van der Waals surface area contributed by atoms with Crippen molar-refractivity contribution in [1.29, 1.82) is 0 Å². The van der Waals surface area contributed by atoms with E-state index in [-0.39, 0.29) is 19.0 Å². The van der Waals surface area contributed by atoms with E-state index in [1.54, 1.807) is 18.0 Å². The molecule has 0 saturated heterocycles. The highest BCUT2D eigenvalue weighted by Gasteiger charge is 2.07. The zero-order valence-corrected chi connectivity index (χ0v) is 18.8. The molecule has 7 heteroatoms. The SMILES string of the molecule is O=c1c(O)cc(SCCc2ccc(-c3ccc(OCCCO)cc3)cc2)cn1CCCO. The smallest absolute Gasteiger partial charge is 0.292 e. The predicted molar refractivity (Wildman–Crippen MR) is 128 cm³/mol. The topological polar surface area (TPSA) is 91.9 Å². The summed E-state index contributed by atoms with van der Waals surface area (Å²) in [5.41, 5.74) is 3.02. The lowest BCUT2D eigenvalue weighted by molar-refractivity contribution is 0.233. The number of aryl methyl sites for hydroxylation is 2. The largest absolute Gasteiger partial charge is 0.503 e. The number of nitrogens with zero attached hydrogens (tertiary/aromatic N) is 1. The van der Waals surface area contributed by atoms with Gasteiger partial charge in [-0.3, -0.25) is 4.79 Å². The van der Waals surface area contributed by atoms with Gasteiger partial charge in [-0.05, 0) is 41.7 Å². The van der Waals surface area contributed by atoms with Crippen molar-refractivity contribution in [3.05, 3.63) is 76.7 Å². The van der Waals surface area contributed by atoms with Gasteiger partial charge in [0.15, 0.2) is 5.75 Å². The third-order valence-electron chi connectivity index (χ3n) is 4.97. The second-order valence-corrected chi connectivity index (χ2v) is 8.55. The molecule has 2 aromatic carbocycles. The van der Waals surface area contributed by atoms with E-state index in [2.05, 4.69) is 24.3 Å². The summed E-state index contributed by atoms with van der Waals surface area (Å²) in [5.74, 6) is 1.35. The summed E-state index contributed by atoms with van der Waals surface area (Å²) in [6.45, 7) is 1.02. The van der Waals surface area contributed by atoms with Gasteiger partial charge in [0.05, 0.1) is 6.61 Å². The fraction of sp³-hybridized carbons (Fsp3) is 0.320. The van der Waals surface area contributed by atoms with Crippen LogP contribution in [0.15, 0.2) is 70.5 Å². The molecule has 3 aromatic rings. The van der Waals surface area contributed by atoms with Crippen LogP contribution in [0.3, 0.4) is 0 Å². The average Bonchev–Trinajstić information content (AvgIpc) is 2.81. The lowest BCUT2D eigenvalue weighted by Crippen LogP contribution is -2.19. The highest BCUT2D eigenvalue weighted by molar-refractivity contribution is 7.99. The highest BCUT2D eigenvalue weighted by atomic mass is 32.2. The first-order chi connectivity index (χ1) is 15.6. The van der Waals surface area contributed by atoms with Gasteiger partial charge in [0, 0.05) is 49.1 Å². The molecule has 3 N–H and O–H groups in total. The van der Waals surface area contributed by atoms with E-state index in [1.807, 2.05) is 24.3 Å². The van der Waals surface area contributed by atoms with Crippen LogP contribution in [-0.4, -0.2) is 45.5 Å². The predicted octanol–water partition coefficient (Wildman–Crippen LogP) is 3.70. The quantitative estimate of drug-likeness (QED) is 0.285. The number of aliphatic hydroxyl groups is 2. The Balaban J connectivity index is 1.54. The number of ether oxygens (including phenoxy) is 1. The molecule has 0 aliphatic carbocycles. The summed E-state index contributed by atoms with van der Waals surface area (Å²) in [6, 6.07) is 17.9. The molecule has 0 spiro atoms. The van der Waals surface area contributed by atoms with Crippen molar-refractivity contribution in [3.63, 3.8) is 0 Å². The van der Waals surface area contributed by atoms with E-state index in [9.17, 15) is 9.90 Å². The summed E-state index contributed by atoms with van der Waals surface area (Å²) in [7, 11) is 0. The maximum atomic E-state index is 12.0. The molecule has 0 atom stereocenters. The number of aliphatic hydroxyl groups excluding tert-OH is 2. The van der Waals surface area contributed by atoms with Crippen LogP contribution in [0.5, 0.6) is 11.5 Å². The van der Waals surface area contributed by atoms with Crippen LogP contribution in [0.1, 0.15) is 18.4 Å². The standard InChI is InChI=1S/C25H29NO5S/c27-13-1-12-26-18-23(17-24(29)25(26)30)32-16-11-19-3-5-20(6-4-19)21-7-9-22(10-8-21)31-15-2-14-28/h3-10,17-18,27-29H,1-2,11-16H2. The molecule has 1 heterocycles. The summed E-state index contributed by atoms with van der Waals surface area (Å²) in [5, 5.41) is 27.7. The van der Waals surface area contributed by atoms with Crippen molar-refractivity contribution < 1.29 is 20.1 Å². The van der Waals surface area contributed by atoms with Crippen molar-refractivity contribution in [2.24, 2.45) is 0 Å². The van der Waals surface area contributed by atoms with Gasteiger partial charge in [-0.25, -0.2) is 0 Å². The number of pyridine rings is 1. The van der Waals surface area contributed by atoms with E-state index in [4.69, 9.17) is 14.9 Å². The molecular formula is C25H29NO5S. The van der Waals surface area contributed by atoms with Gasteiger partial charge in [-0.2, -0.15) is 0 Å². The van der Waals surface area contributed by atoms with Crippen LogP contribution in [0.2, 0.25) is 0 Å². The monoisotopic (exact) mass is 455 g/mol. The Hall–Kier alpha value is -2.74. The van der Waals surface area contributed by atoms with Gasteiger partial charge in [-0.1, -0.05) is 36.4 Å². The molecule has 32 heavy (non-hydrogen) atoms. The fourth-order valence-corrected chi connectivity index (χ4v) is 4.20. The Labute approximate surface area is 192 Å². The maximum Gasteiger partial charge on any atom is 0.292 e. The van der Waals surface area contributed by atoms with Gasteiger partial charge in [0.1, 0.15) is 5.75 Å². The number of hydrogen-bond donors (Lipinski definition) is 3. The molecule has 0 bridgehead atoms. The normalized spacial score (nSPS) is 10.9. The first-order valence-corrected chi connectivity index (χ1v) is 11.7. The molecule has 0 unspecified atom stereocenters. The molecule has 0 amide bonds. The second-order valence-electron chi connectivity index (χ2n) is 7.38. The molecule has 170 valence electrons. The van der Waals surface area contributed by atoms with E-state index < -0.39 is 5.56 Å². The van der Waals surface area contributed by atoms with Crippen molar-refractivity contribution in [3.8, 4) is 22.6 Å². The Morgan fingerprint density at radius 2 is 1.56 bits per heavy atom. The number of benzene rings is 2. The van der Waals surface area contributed by atoms with Crippen LogP contribution in [0, 0.1) is 0 Å². The first kappa shape index (κ1) is 23.9. The van der Waals surface area contributed by atoms with Crippen molar-refractivity contribution in [2.45, 2.75) is 30.7 Å². The molecule has 0 radical (unpaired) electrons. The minimum Gasteiger partial charge on any atom is -0.503 e. The number of aromatic hydroxyl groups is 1. The summed E-state index contributed by atoms with van der Waals surface area (Å²) in [4.78, 5) is 12.8. The first-order valence-electron chi connectivity index (χ1n) is 10.7. The molecule has 0 fully saturated rings. The second kappa shape index (κ2) is 12.3. The Morgan fingerprint density at radius 1 is 0.906 bits per heavy atom. The molecule has 1 aromatic heterocycles. The Kier molecular flexibility index (Phi) is 9.22. The zero-order chi connectivity index (χ0) is 22.8. The van der Waals surface area contributed by atoms with Crippen LogP contribution in [-0.2, 0) is 13.0 Å². The van der Waals surface area contributed by atoms with Crippen LogP contribution in [0.4, 0.5) is 0 Å². The number of aromatic nitrogens is 1. The number of hydrogen-bond acceptors (Lipinski definition) is 6. The van der Waals surface area contributed by atoms with E-state index in [1.165, 1.54) is 16.2 Å². The third kappa shape index (κ3) is 6.88. The summed E-state index contributed by atoms with van der Waals surface area (Å²) in [6.07, 6.45) is 3.69. The zero-order valence-electron chi connectivity index (χ0n) is 17.9. The molecule has 0 aliphatic rings. The fourth-order valence-electron chi connectivity index (χ4n) is 3.23. The van der Waals surface area contributed by atoms with Gasteiger partial charge >= 0.3 is 0 Å². The third-order valence-corrected chi connectivity index (χ3v) is 5.94. The minimum absolute atomic E-state index is 0.00309. The van der Waals surface area contributed by atoms with Gasteiger partial charge in [0.25, 0.3) is 5.56 Å². The molecule has 6 nitrogen and oxygen atoms in total. The van der Waals surface area contributed by atoms with Gasteiger partial charge in [-0.15, -0.1) is 11.8 Å². The lowest BCUT2D eigenvalue weighted by atomic mass is 10.0. The van der Waals surface area contributed by atoms with Crippen molar-refractivity contribution in [2.75, 3.05) is 25.6 Å². The Bertz CT molecular complexity index is 1030. The molecule has 0 saturated carbocycles. The molecule has 3 rings (SSSR count). The van der Waals surface area contributed by atoms with Crippen LogP contribution in [0.25, 0.3) is 11.1 Å². The molecular weight excluding hydrogens is 426 g/mol. The van der Waals surface area contributed by atoms with Crippen molar-refractivity contribution >= 4 is 11.8 Å². The van der Waals surface area contributed by atoms with Crippen LogP contribution >= 0.6 is 11.8 Å². The Morgan fingerprint density at radius 3 is 2.22 bits per heavy atom. The van der Waals surface area contributed by atoms with E-state index in [0.29, 0.717) is 26.0 Å². The summed E-state index contributed by atoms with van der Waals surface area (Å²) < 4.78 is 7.02. The number of thioether (sulfide) groups is 1. The van der Waals surface area contributed by atoms with Crippen molar-refractivity contribution in [1.82, 2.24) is 4.57 Å². The van der Waals surface area contributed by atoms with Gasteiger partial charge in [0.2, 0.25) is 0 Å². The van der Waals surface area contributed by atoms with Crippen LogP contribution < -0.4 is 10.3 Å². The number of rotatable bonds is 12. The summed E-state index contributed by atoms with van der Waals surface area (Å²) >= 11 is 1.58. The minimum atomic E-state index is -0.428. The highest BCUT2D eigenvalue weighted by Crippen LogP contribution is 2.25. The average molecular weight is 456 g/mol. The van der Waals surface area contributed by atoms with E-state index in [0.717, 1.165) is 33.9 Å². The molecule has 0 aliphatic heterocycles.